The smallest absolute Gasteiger partial charge is 0.324 e. The molecular weight excluding hydrogens is 210 g/mol. The molecule has 0 aromatic rings. The van der Waals surface area contributed by atoms with Gasteiger partial charge in [0.2, 0.25) is 10.0 Å². The lowest BCUT2D eigenvalue weighted by Crippen LogP contribution is -2.40. The number of carbonyl (C=O) groups excluding carboxylic acids is 1. The lowest BCUT2D eigenvalue weighted by molar-refractivity contribution is -0.144. The SMILES string of the molecule is COC(=O)C1C[C@@H](O)CN1S(C)(=O)=O. The van der Waals surface area contributed by atoms with E-state index in [1.807, 2.05) is 0 Å². The summed E-state index contributed by atoms with van der Waals surface area (Å²) in [4.78, 5) is 11.2. The molecule has 1 heterocycles. The number of sulfonamides is 1. The van der Waals surface area contributed by atoms with Crippen LogP contribution < -0.4 is 0 Å². The average molecular weight is 223 g/mol. The van der Waals surface area contributed by atoms with Crippen molar-refractivity contribution in [3.63, 3.8) is 0 Å². The summed E-state index contributed by atoms with van der Waals surface area (Å²) < 4.78 is 27.8. The number of carbonyl (C=O) groups is 1. The number of nitrogens with zero attached hydrogens (tertiary/aromatic N) is 1. The van der Waals surface area contributed by atoms with Crippen LogP contribution in [0.4, 0.5) is 0 Å². The molecule has 1 unspecified atom stereocenters. The minimum Gasteiger partial charge on any atom is -0.468 e. The van der Waals surface area contributed by atoms with Gasteiger partial charge < -0.3 is 9.84 Å². The highest BCUT2D eigenvalue weighted by atomic mass is 32.2. The Labute approximate surface area is 82.5 Å². The first-order valence-corrected chi connectivity index (χ1v) is 5.94. The van der Waals surface area contributed by atoms with Crippen molar-refractivity contribution in [3.8, 4) is 0 Å². The van der Waals surface area contributed by atoms with Gasteiger partial charge in [0.1, 0.15) is 6.04 Å². The van der Waals surface area contributed by atoms with E-state index < -0.39 is 28.1 Å². The molecular formula is C7H13NO5S. The fourth-order valence-electron chi connectivity index (χ4n) is 1.50. The number of hydrogen-bond acceptors (Lipinski definition) is 5. The zero-order chi connectivity index (χ0) is 10.9. The molecule has 14 heavy (non-hydrogen) atoms. The number of rotatable bonds is 2. The van der Waals surface area contributed by atoms with Crippen molar-refractivity contribution in [1.82, 2.24) is 4.31 Å². The molecule has 0 spiro atoms. The van der Waals surface area contributed by atoms with Gasteiger partial charge in [0.15, 0.2) is 0 Å². The second-order valence-corrected chi connectivity index (χ2v) is 5.20. The molecule has 2 atom stereocenters. The zero-order valence-corrected chi connectivity index (χ0v) is 8.82. The molecule has 6 nitrogen and oxygen atoms in total. The predicted molar refractivity (Wildman–Crippen MR) is 48.0 cm³/mol. The van der Waals surface area contributed by atoms with E-state index in [4.69, 9.17) is 0 Å². The van der Waals surface area contributed by atoms with Crippen LogP contribution in [0.15, 0.2) is 0 Å². The number of aliphatic hydroxyl groups excluding tert-OH is 1. The molecule has 1 N–H and O–H groups in total. The van der Waals surface area contributed by atoms with Crippen LogP contribution in [0, 0.1) is 0 Å². The fourth-order valence-corrected chi connectivity index (χ4v) is 2.58. The highest BCUT2D eigenvalue weighted by Gasteiger charge is 2.41. The van der Waals surface area contributed by atoms with E-state index in [0.29, 0.717) is 0 Å². The fraction of sp³-hybridized carbons (Fsp3) is 0.857. The van der Waals surface area contributed by atoms with Crippen LogP contribution in [-0.4, -0.2) is 55.9 Å². The van der Waals surface area contributed by atoms with Gasteiger partial charge in [-0.25, -0.2) is 8.42 Å². The molecule has 1 aliphatic rings. The number of ether oxygens (including phenoxy) is 1. The number of esters is 1. The molecule has 1 aliphatic heterocycles. The summed E-state index contributed by atoms with van der Waals surface area (Å²) in [5, 5.41) is 9.26. The molecule has 0 aromatic heterocycles. The summed E-state index contributed by atoms with van der Waals surface area (Å²) >= 11 is 0. The number of hydrogen-bond donors (Lipinski definition) is 1. The van der Waals surface area contributed by atoms with Gasteiger partial charge in [0.05, 0.1) is 19.5 Å². The molecule has 82 valence electrons. The number of methoxy groups -OCH3 is 1. The third-order valence-corrected chi connectivity index (χ3v) is 3.39. The van der Waals surface area contributed by atoms with Crippen molar-refractivity contribution in [1.29, 1.82) is 0 Å². The highest BCUT2D eigenvalue weighted by Crippen LogP contribution is 2.21. The Morgan fingerprint density at radius 2 is 2.14 bits per heavy atom. The Morgan fingerprint density at radius 1 is 1.57 bits per heavy atom. The lowest BCUT2D eigenvalue weighted by Gasteiger charge is -2.18. The largest absolute Gasteiger partial charge is 0.468 e. The van der Waals surface area contributed by atoms with Crippen molar-refractivity contribution in [2.45, 2.75) is 18.6 Å². The van der Waals surface area contributed by atoms with E-state index in [2.05, 4.69) is 4.74 Å². The van der Waals surface area contributed by atoms with Crippen LogP contribution in [0.2, 0.25) is 0 Å². The summed E-state index contributed by atoms with van der Waals surface area (Å²) in [5.41, 5.74) is 0. The maximum atomic E-state index is 11.2. The molecule has 0 saturated carbocycles. The van der Waals surface area contributed by atoms with Crippen LogP contribution in [0.25, 0.3) is 0 Å². The average Bonchev–Trinajstić information content (AvgIpc) is 2.45. The van der Waals surface area contributed by atoms with Crippen molar-refractivity contribution in [3.05, 3.63) is 0 Å². The van der Waals surface area contributed by atoms with E-state index in [-0.39, 0.29) is 13.0 Å². The predicted octanol–water partition coefficient (Wildman–Crippen LogP) is -1.45. The molecule has 0 aliphatic carbocycles. The summed E-state index contributed by atoms with van der Waals surface area (Å²) in [6, 6.07) is -0.884. The lowest BCUT2D eigenvalue weighted by atomic mass is 10.2. The van der Waals surface area contributed by atoms with E-state index in [9.17, 15) is 18.3 Å². The summed E-state index contributed by atoms with van der Waals surface area (Å²) in [7, 11) is -2.28. The third-order valence-electron chi connectivity index (χ3n) is 2.13. The monoisotopic (exact) mass is 223 g/mol. The second kappa shape index (κ2) is 3.84. The van der Waals surface area contributed by atoms with Gasteiger partial charge in [-0.3, -0.25) is 4.79 Å². The minimum atomic E-state index is -3.47. The van der Waals surface area contributed by atoms with Crippen molar-refractivity contribution in [2.24, 2.45) is 0 Å². The second-order valence-electron chi connectivity index (χ2n) is 3.26. The Balaban J connectivity index is 2.89. The molecule has 7 heteroatoms. The van der Waals surface area contributed by atoms with Gasteiger partial charge in [-0.1, -0.05) is 0 Å². The molecule has 0 aromatic carbocycles. The number of β-amino-alcohol motifs (C(OH)–C–C–N with tert-alkyl or cyclic N) is 1. The van der Waals surface area contributed by atoms with Crippen LogP contribution in [0.5, 0.6) is 0 Å². The minimum absolute atomic E-state index is 0.0431. The third kappa shape index (κ3) is 2.23. The first kappa shape index (κ1) is 11.4. The molecule has 0 bridgehead atoms. The summed E-state index contributed by atoms with van der Waals surface area (Å²) in [5.74, 6) is -0.632. The molecule has 0 radical (unpaired) electrons. The van der Waals surface area contributed by atoms with Crippen LogP contribution in [-0.2, 0) is 19.6 Å². The highest BCUT2D eigenvalue weighted by molar-refractivity contribution is 7.88. The maximum Gasteiger partial charge on any atom is 0.324 e. The quantitative estimate of drug-likeness (QED) is 0.579. The van der Waals surface area contributed by atoms with Crippen LogP contribution in [0.3, 0.4) is 0 Å². The normalized spacial score (nSPS) is 29.1. The van der Waals surface area contributed by atoms with Crippen LogP contribution in [0.1, 0.15) is 6.42 Å². The molecule has 1 fully saturated rings. The molecule has 1 rings (SSSR count). The van der Waals surface area contributed by atoms with Crippen molar-refractivity contribution >= 4 is 16.0 Å². The summed E-state index contributed by atoms with van der Waals surface area (Å²) in [6.07, 6.45) is 0.301. The van der Waals surface area contributed by atoms with Gasteiger partial charge >= 0.3 is 5.97 Å². The first-order chi connectivity index (χ1) is 6.36. The van der Waals surface area contributed by atoms with E-state index in [0.717, 1.165) is 10.6 Å². The van der Waals surface area contributed by atoms with Gasteiger partial charge in [0.25, 0.3) is 0 Å². The standard InChI is InChI=1S/C7H13NO5S/c1-13-7(10)6-3-5(9)4-8(6)14(2,11)12/h5-6,9H,3-4H2,1-2H3/t5-,6?/m1/s1. The first-order valence-electron chi connectivity index (χ1n) is 4.09. The topological polar surface area (TPSA) is 83.9 Å². The number of aliphatic hydroxyl groups is 1. The zero-order valence-electron chi connectivity index (χ0n) is 8.00. The van der Waals surface area contributed by atoms with Crippen molar-refractivity contribution in [2.75, 3.05) is 19.9 Å². The van der Waals surface area contributed by atoms with E-state index in [1.54, 1.807) is 0 Å². The molecule has 0 amide bonds. The Morgan fingerprint density at radius 3 is 2.57 bits per heavy atom. The van der Waals surface area contributed by atoms with Gasteiger partial charge in [0, 0.05) is 13.0 Å². The summed E-state index contributed by atoms with van der Waals surface area (Å²) in [6.45, 7) is -0.0431. The van der Waals surface area contributed by atoms with E-state index in [1.165, 1.54) is 7.11 Å². The maximum absolute atomic E-state index is 11.2. The Hall–Kier alpha value is -0.660. The van der Waals surface area contributed by atoms with E-state index >= 15 is 0 Å². The molecule has 1 saturated heterocycles. The van der Waals surface area contributed by atoms with Crippen molar-refractivity contribution < 1.29 is 23.1 Å². The van der Waals surface area contributed by atoms with Crippen LogP contribution >= 0.6 is 0 Å². The Bertz CT molecular complexity index is 325. The Kier molecular flexibility index (Phi) is 3.13. The van der Waals surface area contributed by atoms with Gasteiger partial charge in [-0.2, -0.15) is 4.31 Å². The van der Waals surface area contributed by atoms with Gasteiger partial charge in [-0.15, -0.1) is 0 Å². The van der Waals surface area contributed by atoms with Gasteiger partial charge in [-0.05, 0) is 0 Å².